The van der Waals surface area contributed by atoms with Crippen LogP contribution in [0.25, 0.3) is 0 Å². The first-order chi connectivity index (χ1) is 8.40. The maximum absolute atomic E-state index is 12.5. The number of carbonyl (C=O) groups excluding carboxylic acids is 1. The number of hydrogen-bond donors (Lipinski definition) is 0. The van der Waals surface area contributed by atoms with Gasteiger partial charge in [0.2, 0.25) is 0 Å². The highest BCUT2D eigenvalue weighted by molar-refractivity contribution is 6.15. The zero-order valence-corrected chi connectivity index (χ0v) is 9.31. The van der Waals surface area contributed by atoms with Crippen LogP contribution < -0.4 is 0 Å². The summed E-state index contributed by atoms with van der Waals surface area (Å²) < 4.78 is 42.2. The summed E-state index contributed by atoms with van der Waals surface area (Å²) in [5.74, 6) is -1.60. The molecular formula is C9H5ClF3N3O2. The van der Waals surface area contributed by atoms with E-state index in [4.69, 9.17) is 11.8 Å². The number of carbonyl (C=O) groups is 1. The lowest BCUT2D eigenvalue weighted by atomic mass is 10.1. The molecule has 0 bridgehead atoms. The summed E-state index contributed by atoms with van der Waals surface area (Å²) in [6.45, 7) is 0. The van der Waals surface area contributed by atoms with Crippen molar-refractivity contribution in [3.8, 4) is 0 Å². The van der Waals surface area contributed by atoms with Gasteiger partial charge in [0.1, 0.15) is 5.69 Å². The van der Waals surface area contributed by atoms with Crippen molar-refractivity contribution in [3.63, 3.8) is 0 Å². The van der Waals surface area contributed by atoms with E-state index in [1.165, 1.54) is 24.4 Å². The lowest BCUT2D eigenvalue weighted by Gasteiger charge is -2.25. The third-order valence-corrected chi connectivity index (χ3v) is 2.47. The van der Waals surface area contributed by atoms with Crippen LogP contribution in [0.15, 0.2) is 29.5 Å². The van der Waals surface area contributed by atoms with Gasteiger partial charge >= 0.3 is 17.8 Å². The maximum atomic E-state index is 12.5. The van der Waals surface area contributed by atoms with Gasteiger partial charge in [-0.25, -0.2) is 0 Å². The highest BCUT2D eigenvalue weighted by Crippen LogP contribution is 2.37. The van der Waals surface area contributed by atoms with E-state index in [2.05, 4.69) is 14.8 Å². The maximum Gasteiger partial charge on any atom is 0.470 e. The number of hydrogen-bond acceptors (Lipinski definition) is 5. The Kier molecular flexibility index (Phi) is 2.89. The molecule has 0 aromatic carbocycles. The summed E-state index contributed by atoms with van der Waals surface area (Å²) in [7, 11) is 0. The summed E-state index contributed by atoms with van der Waals surface area (Å²) in [6.07, 6.45) is -3.45. The van der Waals surface area contributed by atoms with E-state index in [-0.39, 0.29) is 16.5 Å². The number of rotatable bonds is 2. The average molecular weight is 280 g/mol. The van der Waals surface area contributed by atoms with E-state index in [0.29, 0.717) is 0 Å². The Morgan fingerprint density at radius 1 is 1.44 bits per heavy atom. The second-order valence-electron chi connectivity index (χ2n) is 3.29. The lowest BCUT2D eigenvalue weighted by molar-refractivity contribution is -0.137. The van der Waals surface area contributed by atoms with Crippen LogP contribution in [0.2, 0.25) is 0 Å². The van der Waals surface area contributed by atoms with Gasteiger partial charge in [-0.1, -0.05) is 6.07 Å². The molecule has 0 saturated carbocycles. The third kappa shape index (κ3) is 1.88. The van der Waals surface area contributed by atoms with E-state index in [1.807, 2.05) is 0 Å². The molecule has 1 aromatic heterocycles. The third-order valence-electron chi connectivity index (χ3n) is 2.14. The van der Waals surface area contributed by atoms with Crippen LogP contribution in [0.3, 0.4) is 0 Å². The SMILES string of the molecule is O=CC1(c2ccccn2)OC(C(F)(F)F)=NN1Cl. The smallest absolute Gasteiger partial charge is 0.430 e. The highest BCUT2D eigenvalue weighted by atomic mass is 35.5. The molecule has 0 fully saturated rings. The van der Waals surface area contributed by atoms with Gasteiger partial charge in [-0.3, -0.25) is 9.78 Å². The number of pyridine rings is 1. The van der Waals surface area contributed by atoms with E-state index >= 15 is 0 Å². The number of alkyl halides is 3. The van der Waals surface area contributed by atoms with Gasteiger partial charge in [0.15, 0.2) is 6.29 Å². The second-order valence-corrected chi connectivity index (χ2v) is 3.61. The summed E-state index contributed by atoms with van der Waals surface area (Å²) in [5.41, 5.74) is -2.30. The van der Waals surface area contributed by atoms with Gasteiger partial charge in [-0.15, -0.1) is 9.63 Å². The predicted molar refractivity (Wildman–Crippen MR) is 54.2 cm³/mol. The van der Waals surface area contributed by atoms with Crippen LogP contribution in [-0.4, -0.2) is 27.9 Å². The van der Waals surface area contributed by atoms with Crippen LogP contribution in [0.5, 0.6) is 0 Å². The minimum absolute atomic E-state index is 0.0991. The molecule has 0 amide bonds. The normalized spacial score (nSPS) is 23.6. The standard InChI is InChI=1S/C9H5ClF3N3O2/c10-16-8(5-17,6-3-1-2-4-14-6)18-7(15-16)9(11,12)13/h1-5H. The van der Waals surface area contributed by atoms with Crippen molar-refractivity contribution in [1.82, 2.24) is 9.51 Å². The molecule has 1 aliphatic rings. The molecular weight excluding hydrogens is 275 g/mol. The minimum Gasteiger partial charge on any atom is -0.430 e. The Hall–Kier alpha value is -1.83. The van der Waals surface area contributed by atoms with Gasteiger partial charge < -0.3 is 4.74 Å². The number of aldehydes is 1. The largest absolute Gasteiger partial charge is 0.470 e. The van der Waals surface area contributed by atoms with Gasteiger partial charge in [-0.05, 0) is 12.1 Å². The van der Waals surface area contributed by atoms with Crippen molar-refractivity contribution < 1.29 is 22.7 Å². The van der Waals surface area contributed by atoms with Crippen LogP contribution in [-0.2, 0) is 15.3 Å². The van der Waals surface area contributed by atoms with Crippen molar-refractivity contribution >= 4 is 24.0 Å². The van der Waals surface area contributed by atoms with E-state index < -0.39 is 17.8 Å². The molecule has 1 aromatic rings. The number of aromatic nitrogens is 1. The van der Waals surface area contributed by atoms with Crippen molar-refractivity contribution in [2.45, 2.75) is 11.9 Å². The molecule has 9 heteroatoms. The topological polar surface area (TPSA) is 54.8 Å². The molecule has 0 spiro atoms. The molecule has 1 aliphatic heterocycles. The van der Waals surface area contributed by atoms with Gasteiger partial charge in [0.05, 0.1) is 0 Å². The monoisotopic (exact) mass is 279 g/mol. The van der Waals surface area contributed by atoms with Crippen molar-refractivity contribution in [1.29, 1.82) is 0 Å². The summed E-state index contributed by atoms with van der Waals surface area (Å²) in [4.78, 5) is 14.8. The van der Waals surface area contributed by atoms with E-state index in [0.717, 1.165) is 0 Å². The second kappa shape index (κ2) is 4.13. The number of hydrazone groups is 1. The van der Waals surface area contributed by atoms with Gasteiger partial charge in [0, 0.05) is 18.0 Å². The van der Waals surface area contributed by atoms with Crippen LogP contribution in [0.1, 0.15) is 5.69 Å². The molecule has 96 valence electrons. The Morgan fingerprint density at radius 3 is 2.61 bits per heavy atom. The summed E-state index contributed by atoms with van der Waals surface area (Å²) >= 11 is 5.52. The zero-order valence-electron chi connectivity index (χ0n) is 8.56. The molecule has 0 saturated heterocycles. The molecule has 0 radical (unpaired) electrons. The van der Waals surface area contributed by atoms with Gasteiger partial charge in [-0.2, -0.15) is 13.2 Å². The summed E-state index contributed by atoms with van der Waals surface area (Å²) in [6, 6.07) is 4.31. The van der Waals surface area contributed by atoms with E-state index in [9.17, 15) is 18.0 Å². The molecule has 1 unspecified atom stereocenters. The van der Waals surface area contributed by atoms with Crippen LogP contribution in [0, 0.1) is 0 Å². The fourth-order valence-corrected chi connectivity index (χ4v) is 1.55. The van der Waals surface area contributed by atoms with Crippen LogP contribution >= 0.6 is 11.8 Å². The Bertz CT molecular complexity index is 494. The minimum atomic E-state index is -4.84. The van der Waals surface area contributed by atoms with Crippen molar-refractivity contribution in [2.75, 3.05) is 0 Å². The first kappa shape index (κ1) is 12.6. The average Bonchev–Trinajstić information content (AvgIpc) is 2.68. The fourth-order valence-electron chi connectivity index (χ4n) is 1.32. The first-order valence-electron chi connectivity index (χ1n) is 4.59. The Labute approximate surface area is 104 Å². The number of halogens is 4. The quantitative estimate of drug-likeness (QED) is 0.612. The lowest BCUT2D eigenvalue weighted by Crippen LogP contribution is -2.40. The van der Waals surface area contributed by atoms with Crippen molar-refractivity contribution in [3.05, 3.63) is 30.1 Å². The highest BCUT2D eigenvalue weighted by Gasteiger charge is 2.55. The van der Waals surface area contributed by atoms with E-state index in [1.54, 1.807) is 0 Å². The Morgan fingerprint density at radius 2 is 2.17 bits per heavy atom. The zero-order chi connectivity index (χ0) is 13.4. The Balaban J connectivity index is 2.42. The first-order valence-corrected chi connectivity index (χ1v) is 4.92. The molecule has 18 heavy (non-hydrogen) atoms. The van der Waals surface area contributed by atoms with Gasteiger partial charge in [0.25, 0.3) is 0 Å². The fraction of sp³-hybridized carbons (Fsp3) is 0.222. The van der Waals surface area contributed by atoms with Crippen molar-refractivity contribution in [2.24, 2.45) is 5.10 Å². The molecule has 0 aliphatic carbocycles. The molecule has 0 N–H and O–H groups in total. The predicted octanol–water partition coefficient (Wildman–Crippen LogP) is 1.80. The number of ether oxygens (including phenoxy) is 1. The molecule has 2 heterocycles. The molecule has 1 atom stereocenters. The molecule has 2 rings (SSSR count). The van der Waals surface area contributed by atoms with Crippen LogP contribution in [0.4, 0.5) is 13.2 Å². The number of nitrogens with zero attached hydrogens (tertiary/aromatic N) is 3. The molecule has 5 nitrogen and oxygen atoms in total. The summed E-state index contributed by atoms with van der Waals surface area (Å²) in [5, 5.41) is 2.96.